The minimum Gasteiger partial charge on any atom is -0.322 e. The fraction of sp³-hybridized carbons (Fsp3) is 0.143. The van der Waals surface area contributed by atoms with Crippen molar-refractivity contribution in [3.63, 3.8) is 0 Å². The Hall–Kier alpha value is -3.54. The van der Waals surface area contributed by atoms with Gasteiger partial charge in [-0.2, -0.15) is 5.10 Å². The molecule has 6 heteroatoms. The van der Waals surface area contributed by atoms with E-state index in [9.17, 15) is 4.79 Å². The van der Waals surface area contributed by atoms with Gasteiger partial charge in [0.1, 0.15) is 5.82 Å². The lowest BCUT2D eigenvalue weighted by atomic mass is 10.0. The molecule has 0 atom stereocenters. The summed E-state index contributed by atoms with van der Waals surface area (Å²) in [6.07, 6.45) is 0. The van der Waals surface area contributed by atoms with Crippen LogP contribution in [0.3, 0.4) is 0 Å². The third-order valence-electron chi connectivity index (χ3n) is 4.39. The fourth-order valence-corrected chi connectivity index (χ4v) is 3.11. The number of aromatic amines is 1. The summed E-state index contributed by atoms with van der Waals surface area (Å²) >= 11 is 0. The van der Waals surface area contributed by atoms with E-state index < -0.39 is 0 Å². The minimum atomic E-state index is -0.167. The number of fused-ring (bicyclic) bond motifs is 1. The zero-order valence-corrected chi connectivity index (χ0v) is 15.4. The number of H-pyrrole nitrogens is 1. The molecule has 27 heavy (non-hydrogen) atoms. The van der Waals surface area contributed by atoms with Gasteiger partial charge in [-0.25, -0.2) is 4.98 Å². The molecule has 1 amide bonds. The second-order valence-electron chi connectivity index (χ2n) is 6.56. The maximum Gasteiger partial charge on any atom is 0.256 e. The van der Waals surface area contributed by atoms with Crippen LogP contribution in [0.5, 0.6) is 0 Å². The van der Waals surface area contributed by atoms with E-state index in [4.69, 9.17) is 0 Å². The summed E-state index contributed by atoms with van der Waals surface area (Å²) in [6, 6.07) is 15.2. The molecule has 134 valence electrons. The van der Waals surface area contributed by atoms with Gasteiger partial charge in [0.05, 0.1) is 11.1 Å². The van der Waals surface area contributed by atoms with Crippen molar-refractivity contribution in [3.8, 4) is 11.4 Å². The molecule has 0 saturated carbocycles. The summed E-state index contributed by atoms with van der Waals surface area (Å²) in [4.78, 5) is 21.9. The Morgan fingerprint density at radius 3 is 2.59 bits per heavy atom. The molecule has 2 aromatic carbocycles. The van der Waals surface area contributed by atoms with Crippen LogP contribution < -0.4 is 5.32 Å². The van der Waals surface area contributed by atoms with Crippen molar-refractivity contribution < 1.29 is 4.79 Å². The third kappa shape index (κ3) is 3.29. The Balaban J connectivity index is 1.69. The number of carbonyl (C=O) groups is 1. The zero-order chi connectivity index (χ0) is 19.0. The summed E-state index contributed by atoms with van der Waals surface area (Å²) in [6.45, 7) is 5.74. The first kappa shape index (κ1) is 16.9. The second kappa shape index (κ2) is 6.64. The van der Waals surface area contributed by atoms with E-state index in [1.54, 1.807) is 0 Å². The van der Waals surface area contributed by atoms with Crippen molar-refractivity contribution in [1.82, 2.24) is 20.2 Å². The van der Waals surface area contributed by atoms with Crippen LogP contribution in [-0.4, -0.2) is 26.1 Å². The van der Waals surface area contributed by atoms with Gasteiger partial charge in [-0.3, -0.25) is 14.9 Å². The monoisotopic (exact) mass is 357 g/mol. The number of amides is 1. The standard InChI is InChI=1S/C21H19N5O/c1-12-6-4-9-17-18(10-13(2)22-19(12)17)21(27)24-16-8-5-7-15(11-16)20-23-14(3)25-26-20/h4-11H,1-3H3,(H,24,27)(H,23,25,26). The van der Waals surface area contributed by atoms with E-state index in [1.165, 1.54) is 0 Å². The van der Waals surface area contributed by atoms with Crippen LogP contribution in [0, 0.1) is 20.8 Å². The largest absolute Gasteiger partial charge is 0.322 e. The quantitative estimate of drug-likeness (QED) is 0.576. The Labute approximate surface area is 156 Å². The van der Waals surface area contributed by atoms with E-state index >= 15 is 0 Å². The third-order valence-corrected chi connectivity index (χ3v) is 4.39. The zero-order valence-electron chi connectivity index (χ0n) is 15.4. The van der Waals surface area contributed by atoms with Crippen LogP contribution in [0.1, 0.15) is 27.4 Å². The first-order valence-corrected chi connectivity index (χ1v) is 8.69. The van der Waals surface area contributed by atoms with Gasteiger partial charge in [0.25, 0.3) is 5.91 Å². The predicted octanol–water partition coefficient (Wildman–Crippen LogP) is 4.20. The van der Waals surface area contributed by atoms with Gasteiger partial charge in [-0.1, -0.05) is 30.3 Å². The highest BCUT2D eigenvalue weighted by Gasteiger charge is 2.14. The summed E-state index contributed by atoms with van der Waals surface area (Å²) in [5, 5.41) is 10.8. The molecule has 0 saturated heterocycles. The van der Waals surface area contributed by atoms with Crippen LogP contribution >= 0.6 is 0 Å². The minimum absolute atomic E-state index is 0.167. The molecule has 4 rings (SSSR count). The Morgan fingerprint density at radius 1 is 1.00 bits per heavy atom. The fourth-order valence-electron chi connectivity index (χ4n) is 3.11. The maximum atomic E-state index is 13.0. The normalized spacial score (nSPS) is 10.9. The molecule has 6 nitrogen and oxygen atoms in total. The Morgan fingerprint density at radius 2 is 1.81 bits per heavy atom. The summed E-state index contributed by atoms with van der Waals surface area (Å²) < 4.78 is 0. The van der Waals surface area contributed by atoms with E-state index in [-0.39, 0.29) is 5.91 Å². The maximum absolute atomic E-state index is 13.0. The smallest absolute Gasteiger partial charge is 0.256 e. The van der Waals surface area contributed by atoms with Crippen LogP contribution in [0.15, 0.2) is 48.5 Å². The molecule has 2 N–H and O–H groups in total. The molecule has 0 bridgehead atoms. The molecule has 0 radical (unpaired) electrons. The van der Waals surface area contributed by atoms with Crippen molar-refractivity contribution in [2.75, 3.05) is 5.32 Å². The topological polar surface area (TPSA) is 83.6 Å². The number of hydrogen-bond donors (Lipinski definition) is 2. The van der Waals surface area contributed by atoms with Crippen LogP contribution in [-0.2, 0) is 0 Å². The molecule has 0 aliphatic heterocycles. The van der Waals surface area contributed by atoms with Gasteiger partial charge in [0.2, 0.25) is 0 Å². The molecule has 4 aromatic rings. The number of carbonyl (C=O) groups excluding carboxylic acids is 1. The average Bonchev–Trinajstić information content (AvgIpc) is 3.08. The lowest BCUT2D eigenvalue weighted by Gasteiger charge is -2.11. The molecule has 0 aliphatic rings. The number of hydrogen-bond acceptors (Lipinski definition) is 4. The number of aryl methyl sites for hydroxylation is 3. The van der Waals surface area contributed by atoms with E-state index in [2.05, 4.69) is 25.5 Å². The lowest BCUT2D eigenvalue weighted by Crippen LogP contribution is -2.13. The van der Waals surface area contributed by atoms with Crippen molar-refractivity contribution in [2.45, 2.75) is 20.8 Å². The molecule has 0 fully saturated rings. The SMILES string of the molecule is Cc1cc(C(=O)Nc2cccc(-c3n[nH]c(C)n3)c2)c2cccc(C)c2n1. The average molecular weight is 357 g/mol. The molecule has 0 spiro atoms. The van der Waals surface area contributed by atoms with E-state index in [1.807, 2.05) is 69.3 Å². The first-order chi connectivity index (χ1) is 13.0. The van der Waals surface area contributed by atoms with Gasteiger partial charge in [-0.05, 0) is 44.5 Å². The molecule has 0 unspecified atom stereocenters. The molecule has 0 aliphatic carbocycles. The highest BCUT2D eigenvalue weighted by Crippen LogP contribution is 2.24. The second-order valence-corrected chi connectivity index (χ2v) is 6.56. The highest BCUT2D eigenvalue weighted by molar-refractivity contribution is 6.12. The molecular formula is C21H19N5O. The van der Waals surface area contributed by atoms with Gasteiger partial charge in [-0.15, -0.1) is 0 Å². The van der Waals surface area contributed by atoms with Crippen LogP contribution in [0.2, 0.25) is 0 Å². The number of rotatable bonds is 3. The van der Waals surface area contributed by atoms with Crippen molar-refractivity contribution in [3.05, 3.63) is 71.2 Å². The van der Waals surface area contributed by atoms with Gasteiger partial charge >= 0.3 is 0 Å². The number of anilines is 1. The summed E-state index contributed by atoms with van der Waals surface area (Å²) in [5.41, 5.74) is 4.85. The summed E-state index contributed by atoms with van der Waals surface area (Å²) in [7, 11) is 0. The van der Waals surface area contributed by atoms with E-state index in [0.29, 0.717) is 17.1 Å². The molecule has 2 heterocycles. The number of nitrogens with zero attached hydrogens (tertiary/aromatic N) is 3. The highest BCUT2D eigenvalue weighted by atomic mass is 16.1. The Bertz CT molecular complexity index is 1160. The van der Waals surface area contributed by atoms with Crippen molar-refractivity contribution in [1.29, 1.82) is 0 Å². The molecule has 2 aromatic heterocycles. The van der Waals surface area contributed by atoms with Gasteiger partial charge in [0.15, 0.2) is 5.82 Å². The summed E-state index contributed by atoms with van der Waals surface area (Å²) in [5.74, 6) is 1.18. The molecular weight excluding hydrogens is 338 g/mol. The van der Waals surface area contributed by atoms with Crippen LogP contribution in [0.4, 0.5) is 5.69 Å². The van der Waals surface area contributed by atoms with Crippen molar-refractivity contribution in [2.24, 2.45) is 0 Å². The predicted molar refractivity (Wildman–Crippen MR) is 106 cm³/mol. The van der Waals surface area contributed by atoms with Crippen molar-refractivity contribution >= 4 is 22.5 Å². The van der Waals surface area contributed by atoms with Gasteiger partial charge in [0, 0.05) is 22.3 Å². The number of aromatic nitrogens is 4. The van der Waals surface area contributed by atoms with E-state index in [0.717, 1.165) is 33.5 Å². The number of pyridine rings is 1. The lowest BCUT2D eigenvalue weighted by molar-refractivity contribution is 0.102. The van der Waals surface area contributed by atoms with Gasteiger partial charge < -0.3 is 5.32 Å². The Kier molecular flexibility index (Phi) is 4.16. The number of benzene rings is 2. The first-order valence-electron chi connectivity index (χ1n) is 8.69. The number of para-hydroxylation sites is 1. The van der Waals surface area contributed by atoms with Crippen LogP contribution in [0.25, 0.3) is 22.3 Å². The number of nitrogens with one attached hydrogen (secondary N) is 2.